The fourth-order valence-electron chi connectivity index (χ4n) is 4.12. The molecule has 0 saturated carbocycles. The third-order valence-electron chi connectivity index (χ3n) is 5.50. The normalized spacial score (nSPS) is 20.7. The van der Waals surface area contributed by atoms with E-state index in [1.165, 1.54) is 17.3 Å². The lowest BCUT2D eigenvalue weighted by atomic mass is 9.81. The molecule has 0 radical (unpaired) electrons. The van der Waals surface area contributed by atoms with Crippen molar-refractivity contribution in [2.24, 2.45) is 5.73 Å². The van der Waals surface area contributed by atoms with E-state index in [-0.39, 0.29) is 24.9 Å². The Labute approximate surface area is 162 Å². The van der Waals surface area contributed by atoms with Crippen LogP contribution in [0, 0.1) is 0 Å². The van der Waals surface area contributed by atoms with Crippen LogP contribution in [0.25, 0.3) is 0 Å². The monoisotopic (exact) mass is 379 g/mol. The lowest BCUT2D eigenvalue weighted by Gasteiger charge is -2.24. The fourth-order valence-corrected chi connectivity index (χ4v) is 4.12. The standard InChI is InChI=1S/C20H21N5O3/c1-2-17-22-9-13(10-23-17)18(27)24-8-7-20(12-24)14-5-3-4-6-15(14)25(19(20)28)11-16(21)26/h3-6,9-10H,2,7-8,11-12H2,1H3,(H2,21,26)/t20-/m0/s1. The first-order valence-corrected chi connectivity index (χ1v) is 9.26. The van der Waals surface area contributed by atoms with Gasteiger partial charge in [-0.1, -0.05) is 25.1 Å². The summed E-state index contributed by atoms with van der Waals surface area (Å²) in [7, 11) is 0. The Morgan fingerprint density at radius 2 is 1.93 bits per heavy atom. The van der Waals surface area contributed by atoms with Crippen LogP contribution in [0.3, 0.4) is 0 Å². The molecule has 1 saturated heterocycles. The van der Waals surface area contributed by atoms with Gasteiger partial charge < -0.3 is 15.5 Å². The summed E-state index contributed by atoms with van der Waals surface area (Å²) in [5.41, 5.74) is 6.44. The molecular weight excluding hydrogens is 358 g/mol. The molecule has 2 aliphatic heterocycles. The highest BCUT2D eigenvalue weighted by atomic mass is 16.2. The highest BCUT2D eigenvalue weighted by molar-refractivity contribution is 6.11. The van der Waals surface area contributed by atoms with Crippen LogP contribution in [0.5, 0.6) is 0 Å². The van der Waals surface area contributed by atoms with Crippen LogP contribution in [-0.4, -0.2) is 52.2 Å². The second-order valence-corrected chi connectivity index (χ2v) is 7.18. The van der Waals surface area contributed by atoms with Crippen LogP contribution in [-0.2, 0) is 21.4 Å². The average molecular weight is 379 g/mol. The van der Waals surface area contributed by atoms with E-state index < -0.39 is 11.3 Å². The van der Waals surface area contributed by atoms with Crippen molar-refractivity contribution in [1.82, 2.24) is 14.9 Å². The predicted molar refractivity (Wildman–Crippen MR) is 102 cm³/mol. The van der Waals surface area contributed by atoms with E-state index in [0.29, 0.717) is 36.5 Å². The highest BCUT2D eigenvalue weighted by Gasteiger charge is 2.55. The maximum Gasteiger partial charge on any atom is 0.257 e. The number of anilines is 1. The van der Waals surface area contributed by atoms with E-state index in [0.717, 1.165) is 5.56 Å². The zero-order chi connectivity index (χ0) is 19.9. The van der Waals surface area contributed by atoms with Gasteiger partial charge in [-0.25, -0.2) is 9.97 Å². The van der Waals surface area contributed by atoms with E-state index in [1.54, 1.807) is 4.90 Å². The van der Waals surface area contributed by atoms with Crippen LogP contribution in [0.15, 0.2) is 36.7 Å². The lowest BCUT2D eigenvalue weighted by Crippen LogP contribution is -2.45. The quantitative estimate of drug-likeness (QED) is 0.839. The van der Waals surface area contributed by atoms with Gasteiger partial charge in [-0.2, -0.15) is 0 Å². The summed E-state index contributed by atoms with van der Waals surface area (Å²) in [5.74, 6) is -0.269. The Kier molecular flexibility index (Phi) is 4.33. The minimum atomic E-state index is -0.841. The molecule has 2 aliphatic rings. The van der Waals surface area contributed by atoms with Crippen molar-refractivity contribution < 1.29 is 14.4 Å². The molecule has 28 heavy (non-hydrogen) atoms. The van der Waals surface area contributed by atoms with Crippen molar-refractivity contribution >= 4 is 23.4 Å². The summed E-state index contributed by atoms with van der Waals surface area (Å²) < 4.78 is 0. The number of rotatable bonds is 4. The number of carbonyl (C=O) groups is 3. The molecule has 2 aromatic rings. The molecule has 8 nitrogen and oxygen atoms in total. The topological polar surface area (TPSA) is 109 Å². The number of fused-ring (bicyclic) bond motifs is 2. The van der Waals surface area contributed by atoms with Crippen LogP contribution < -0.4 is 10.6 Å². The Morgan fingerprint density at radius 3 is 2.61 bits per heavy atom. The molecule has 1 fully saturated rings. The van der Waals surface area contributed by atoms with Gasteiger partial charge in [-0.15, -0.1) is 0 Å². The molecule has 1 atom stereocenters. The van der Waals surface area contributed by atoms with Gasteiger partial charge in [0, 0.05) is 37.6 Å². The van der Waals surface area contributed by atoms with E-state index in [9.17, 15) is 14.4 Å². The van der Waals surface area contributed by atoms with Gasteiger partial charge in [-0.3, -0.25) is 14.4 Å². The Bertz CT molecular complexity index is 959. The summed E-state index contributed by atoms with van der Waals surface area (Å²) in [6.07, 6.45) is 4.26. The molecule has 1 aromatic heterocycles. The Hall–Kier alpha value is -3.29. The molecule has 1 spiro atoms. The predicted octanol–water partition coefficient (Wildman–Crippen LogP) is 0.655. The zero-order valence-electron chi connectivity index (χ0n) is 15.6. The van der Waals surface area contributed by atoms with Crippen molar-refractivity contribution in [3.63, 3.8) is 0 Å². The molecule has 0 unspecified atom stereocenters. The first kappa shape index (κ1) is 18.1. The molecule has 3 heterocycles. The summed E-state index contributed by atoms with van der Waals surface area (Å²) >= 11 is 0. The van der Waals surface area contributed by atoms with E-state index in [2.05, 4.69) is 9.97 Å². The number of likely N-dealkylation sites (tertiary alicyclic amines) is 1. The number of aryl methyl sites for hydroxylation is 1. The molecule has 8 heteroatoms. The van der Waals surface area contributed by atoms with Gasteiger partial charge in [0.15, 0.2) is 0 Å². The minimum Gasteiger partial charge on any atom is -0.368 e. The average Bonchev–Trinajstić information content (AvgIpc) is 3.25. The number of amides is 3. The number of benzene rings is 1. The first-order chi connectivity index (χ1) is 13.5. The van der Waals surface area contributed by atoms with Gasteiger partial charge in [0.1, 0.15) is 12.4 Å². The molecular formula is C20H21N5O3. The number of hydrogen-bond donors (Lipinski definition) is 1. The Morgan fingerprint density at radius 1 is 1.21 bits per heavy atom. The highest BCUT2D eigenvalue weighted by Crippen LogP contribution is 2.47. The maximum atomic E-state index is 13.3. The van der Waals surface area contributed by atoms with Gasteiger partial charge >= 0.3 is 0 Å². The van der Waals surface area contributed by atoms with Crippen molar-refractivity contribution in [2.75, 3.05) is 24.5 Å². The van der Waals surface area contributed by atoms with Crippen LogP contribution in [0.4, 0.5) is 5.69 Å². The summed E-state index contributed by atoms with van der Waals surface area (Å²) in [6.45, 7) is 2.48. The molecule has 2 N–H and O–H groups in total. The number of hydrogen-bond acceptors (Lipinski definition) is 5. The second kappa shape index (κ2) is 6.70. The number of aromatic nitrogens is 2. The SMILES string of the molecule is CCc1ncc(C(=O)N2CC[C@@]3(C2)C(=O)N(CC(N)=O)c2ccccc23)cn1. The largest absolute Gasteiger partial charge is 0.368 e. The van der Waals surface area contributed by atoms with Crippen LogP contribution in [0.2, 0.25) is 0 Å². The van der Waals surface area contributed by atoms with E-state index >= 15 is 0 Å². The number of primary amides is 1. The third kappa shape index (κ3) is 2.72. The lowest BCUT2D eigenvalue weighted by molar-refractivity contribution is -0.125. The smallest absolute Gasteiger partial charge is 0.257 e. The molecule has 3 amide bonds. The molecule has 0 aliphatic carbocycles. The maximum absolute atomic E-state index is 13.3. The Balaban J connectivity index is 1.63. The van der Waals surface area contributed by atoms with Gasteiger partial charge in [0.05, 0.1) is 11.0 Å². The van der Waals surface area contributed by atoms with Gasteiger partial charge in [0.25, 0.3) is 5.91 Å². The summed E-state index contributed by atoms with van der Waals surface area (Å²) in [4.78, 5) is 49.1. The van der Waals surface area contributed by atoms with Gasteiger partial charge in [0.2, 0.25) is 11.8 Å². The number of para-hydroxylation sites is 1. The second-order valence-electron chi connectivity index (χ2n) is 7.18. The number of nitrogens with two attached hydrogens (primary N) is 1. The first-order valence-electron chi connectivity index (χ1n) is 9.26. The van der Waals surface area contributed by atoms with Crippen molar-refractivity contribution in [3.05, 3.63) is 53.6 Å². The number of nitrogens with zero attached hydrogens (tertiary/aromatic N) is 4. The molecule has 144 valence electrons. The zero-order valence-corrected chi connectivity index (χ0v) is 15.6. The van der Waals surface area contributed by atoms with E-state index in [1.807, 2.05) is 31.2 Å². The fraction of sp³-hybridized carbons (Fsp3) is 0.350. The minimum absolute atomic E-state index is 0.169. The van der Waals surface area contributed by atoms with Crippen molar-refractivity contribution in [1.29, 1.82) is 0 Å². The summed E-state index contributed by atoms with van der Waals surface area (Å²) in [6, 6.07) is 7.39. The molecule has 4 rings (SSSR count). The van der Waals surface area contributed by atoms with Crippen molar-refractivity contribution in [3.8, 4) is 0 Å². The third-order valence-corrected chi connectivity index (χ3v) is 5.50. The van der Waals surface area contributed by atoms with E-state index in [4.69, 9.17) is 5.73 Å². The van der Waals surface area contributed by atoms with Gasteiger partial charge in [-0.05, 0) is 18.1 Å². The summed E-state index contributed by atoms with van der Waals surface area (Å²) in [5, 5.41) is 0. The molecule has 1 aromatic carbocycles. The van der Waals surface area contributed by atoms with Crippen LogP contribution in [0.1, 0.15) is 35.1 Å². The molecule has 0 bridgehead atoms. The van der Waals surface area contributed by atoms with Crippen LogP contribution >= 0.6 is 0 Å². The number of carbonyl (C=O) groups excluding carboxylic acids is 3. The van der Waals surface area contributed by atoms with Crippen molar-refractivity contribution in [2.45, 2.75) is 25.2 Å².